The SMILES string of the molecule is CC(C)Oc1ncccc1CNC(=O)NCc1cc(C#N)ccc1F. The molecule has 0 saturated carbocycles. The van der Waals surface area contributed by atoms with Crippen LogP contribution in [0.3, 0.4) is 0 Å². The van der Waals surface area contributed by atoms with Crippen LogP contribution in [0.4, 0.5) is 9.18 Å². The fourth-order valence-corrected chi connectivity index (χ4v) is 2.08. The molecule has 0 fully saturated rings. The van der Waals surface area contributed by atoms with E-state index in [4.69, 9.17) is 10.00 Å². The number of nitrogens with one attached hydrogen (secondary N) is 2. The van der Waals surface area contributed by atoms with E-state index in [1.807, 2.05) is 19.9 Å². The monoisotopic (exact) mass is 342 g/mol. The summed E-state index contributed by atoms with van der Waals surface area (Å²) in [5.41, 5.74) is 1.33. The van der Waals surface area contributed by atoms with Crippen molar-refractivity contribution in [3.8, 4) is 11.9 Å². The van der Waals surface area contributed by atoms with Crippen molar-refractivity contribution in [3.63, 3.8) is 0 Å². The van der Waals surface area contributed by atoms with Crippen LogP contribution < -0.4 is 15.4 Å². The molecule has 2 amide bonds. The maximum Gasteiger partial charge on any atom is 0.315 e. The number of carbonyl (C=O) groups excluding carboxylic acids is 1. The van der Waals surface area contributed by atoms with Crippen molar-refractivity contribution in [2.75, 3.05) is 0 Å². The lowest BCUT2D eigenvalue weighted by Gasteiger charge is -2.13. The predicted octanol–water partition coefficient (Wildman–Crippen LogP) is 2.88. The van der Waals surface area contributed by atoms with Crippen LogP contribution in [0.25, 0.3) is 0 Å². The maximum absolute atomic E-state index is 13.7. The number of urea groups is 1. The number of rotatable bonds is 6. The first-order valence-electron chi connectivity index (χ1n) is 7.80. The van der Waals surface area contributed by atoms with Gasteiger partial charge in [-0.2, -0.15) is 5.26 Å². The molecule has 130 valence electrons. The van der Waals surface area contributed by atoms with E-state index in [-0.39, 0.29) is 24.8 Å². The van der Waals surface area contributed by atoms with Gasteiger partial charge in [0.2, 0.25) is 5.88 Å². The third-order valence-electron chi connectivity index (χ3n) is 3.25. The number of ether oxygens (including phenoxy) is 1. The van der Waals surface area contributed by atoms with Gasteiger partial charge >= 0.3 is 6.03 Å². The van der Waals surface area contributed by atoms with Crippen molar-refractivity contribution < 1.29 is 13.9 Å². The zero-order valence-corrected chi connectivity index (χ0v) is 14.0. The summed E-state index contributed by atoms with van der Waals surface area (Å²) in [7, 11) is 0. The Morgan fingerprint density at radius 2 is 2.00 bits per heavy atom. The standard InChI is InChI=1S/C18H19FN4O2/c1-12(2)25-17-14(4-3-7-21-17)10-22-18(24)23-11-15-8-13(9-20)5-6-16(15)19/h3-8,12H,10-11H2,1-2H3,(H2,22,23,24). The molecule has 2 rings (SSSR count). The van der Waals surface area contributed by atoms with Gasteiger partial charge in [-0.1, -0.05) is 6.07 Å². The van der Waals surface area contributed by atoms with E-state index in [0.29, 0.717) is 11.4 Å². The molecule has 1 aromatic heterocycles. The largest absolute Gasteiger partial charge is 0.475 e. The second-order valence-corrected chi connectivity index (χ2v) is 5.59. The summed E-state index contributed by atoms with van der Waals surface area (Å²) in [6.07, 6.45) is 1.59. The Balaban J connectivity index is 1.91. The van der Waals surface area contributed by atoms with E-state index < -0.39 is 11.8 Å². The van der Waals surface area contributed by atoms with Gasteiger partial charge in [0.15, 0.2) is 0 Å². The van der Waals surface area contributed by atoms with Gasteiger partial charge in [0.05, 0.1) is 17.7 Å². The highest BCUT2D eigenvalue weighted by Gasteiger charge is 2.09. The van der Waals surface area contributed by atoms with Gasteiger partial charge in [-0.25, -0.2) is 14.2 Å². The molecule has 25 heavy (non-hydrogen) atoms. The van der Waals surface area contributed by atoms with Crippen LogP contribution in [0.2, 0.25) is 0 Å². The molecule has 1 aromatic carbocycles. The van der Waals surface area contributed by atoms with Crippen molar-refractivity contribution in [1.82, 2.24) is 15.6 Å². The molecule has 0 spiro atoms. The van der Waals surface area contributed by atoms with Crippen molar-refractivity contribution in [2.45, 2.75) is 33.0 Å². The Morgan fingerprint density at radius 3 is 2.68 bits per heavy atom. The number of hydrogen-bond acceptors (Lipinski definition) is 4. The van der Waals surface area contributed by atoms with Crippen molar-refractivity contribution in [3.05, 3.63) is 59.0 Å². The lowest BCUT2D eigenvalue weighted by Crippen LogP contribution is -2.35. The molecular weight excluding hydrogens is 323 g/mol. The Labute approximate surface area is 145 Å². The highest BCUT2D eigenvalue weighted by atomic mass is 19.1. The molecule has 6 nitrogen and oxygen atoms in total. The molecular formula is C18H19FN4O2. The predicted molar refractivity (Wildman–Crippen MR) is 90.2 cm³/mol. The first-order valence-corrected chi connectivity index (χ1v) is 7.80. The second-order valence-electron chi connectivity index (χ2n) is 5.59. The molecule has 7 heteroatoms. The molecule has 0 aliphatic carbocycles. The lowest BCUT2D eigenvalue weighted by molar-refractivity contribution is 0.228. The number of nitrogens with zero attached hydrogens (tertiary/aromatic N) is 2. The average Bonchev–Trinajstić information content (AvgIpc) is 2.59. The number of benzene rings is 1. The number of halogens is 1. The fourth-order valence-electron chi connectivity index (χ4n) is 2.08. The molecule has 0 saturated heterocycles. The van der Waals surface area contributed by atoms with Crippen LogP contribution in [-0.4, -0.2) is 17.1 Å². The molecule has 2 N–H and O–H groups in total. The molecule has 1 heterocycles. The van der Waals surface area contributed by atoms with Crippen molar-refractivity contribution in [2.24, 2.45) is 0 Å². The minimum atomic E-state index is -0.473. The van der Waals surface area contributed by atoms with Crippen LogP contribution in [0.1, 0.15) is 30.5 Å². The number of amides is 2. The van der Waals surface area contributed by atoms with Crippen LogP contribution in [0.15, 0.2) is 36.5 Å². The molecule has 0 atom stereocenters. The maximum atomic E-state index is 13.7. The molecule has 0 aliphatic rings. The van der Waals surface area contributed by atoms with Crippen LogP contribution >= 0.6 is 0 Å². The van der Waals surface area contributed by atoms with Crippen LogP contribution in [-0.2, 0) is 13.1 Å². The highest BCUT2D eigenvalue weighted by Crippen LogP contribution is 2.15. The number of pyridine rings is 1. The summed E-state index contributed by atoms with van der Waals surface area (Å²) in [5, 5.41) is 14.1. The van der Waals surface area contributed by atoms with E-state index in [2.05, 4.69) is 15.6 Å². The van der Waals surface area contributed by atoms with Gasteiger partial charge in [0.1, 0.15) is 5.82 Å². The summed E-state index contributed by atoms with van der Waals surface area (Å²) in [4.78, 5) is 16.1. The Kier molecular flexibility index (Phi) is 6.29. The Morgan fingerprint density at radius 1 is 1.28 bits per heavy atom. The summed E-state index contributed by atoms with van der Waals surface area (Å²) >= 11 is 0. The van der Waals surface area contributed by atoms with E-state index in [1.165, 1.54) is 18.2 Å². The topological polar surface area (TPSA) is 87.0 Å². The van der Waals surface area contributed by atoms with Crippen LogP contribution in [0.5, 0.6) is 5.88 Å². The van der Waals surface area contributed by atoms with Crippen LogP contribution in [0, 0.1) is 17.1 Å². The first-order chi connectivity index (χ1) is 12.0. The smallest absolute Gasteiger partial charge is 0.315 e. The van der Waals surface area contributed by atoms with Gasteiger partial charge in [-0.3, -0.25) is 0 Å². The van der Waals surface area contributed by atoms with Gasteiger partial charge < -0.3 is 15.4 Å². The van der Waals surface area contributed by atoms with Gasteiger partial charge in [-0.05, 0) is 38.1 Å². The third kappa shape index (κ3) is 5.46. The van der Waals surface area contributed by atoms with Gasteiger partial charge in [0, 0.05) is 30.4 Å². The van der Waals surface area contributed by atoms with E-state index in [1.54, 1.807) is 18.3 Å². The third-order valence-corrected chi connectivity index (χ3v) is 3.25. The zero-order valence-electron chi connectivity index (χ0n) is 14.0. The number of hydrogen-bond donors (Lipinski definition) is 2. The lowest BCUT2D eigenvalue weighted by atomic mass is 10.1. The molecule has 0 aliphatic heterocycles. The van der Waals surface area contributed by atoms with Gasteiger partial charge in [0.25, 0.3) is 0 Å². The normalized spacial score (nSPS) is 10.2. The number of aromatic nitrogens is 1. The summed E-state index contributed by atoms with van der Waals surface area (Å²) in [5.74, 6) is -0.00950. The molecule has 0 unspecified atom stereocenters. The molecule has 0 radical (unpaired) electrons. The van der Waals surface area contributed by atoms with E-state index >= 15 is 0 Å². The Hall–Kier alpha value is -3.14. The van der Waals surface area contributed by atoms with E-state index in [0.717, 1.165) is 5.56 Å². The van der Waals surface area contributed by atoms with Crippen molar-refractivity contribution >= 4 is 6.03 Å². The minimum Gasteiger partial charge on any atom is -0.475 e. The quantitative estimate of drug-likeness (QED) is 0.845. The summed E-state index contributed by atoms with van der Waals surface area (Å²) in [6, 6.07) is 9.04. The summed E-state index contributed by atoms with van der Waals surface area (Å²) in [6.45, 7) is 3.99. The van der Waals surface area contributed by atoms with E-state index in [9.17, 15) is 9.18 Å². The number of nitriles is 1. The first kappa shape index (κ1) is 18.2. The van der Waals surface area contributed by atoms with Gasteiger partial charge in [-0.15, -0.1) is 0 Å². The molecule has 0 bridgehead atoms. The average molecular weight is 342 g/mol. The zero-order chi connectivity index (χ0) is 18.2. The summed E-state index contributed by atoms with van der Waals surface area (Å²) < 4.78 is 19.3. The minimum absolute atomic E-state index is 0.0183. The fraction of sp³-hybridized carbons (Fsp3) is 0.278. The molecule has 2 aromatic rings. The van der Waals surface area contributed by atoms with Crippen molar-refractivity contribution in [1.29, 1.82) is 5.26 Å². The highest BCUT2D eigenvalue weighted by molar-refractivity contribution is 5.73. The second kappa shape index (κ2) is 8.64. The number of carbonyl (C=O) groups is 1. The Bertz CT molecular complexity index is 787.